The first-order chi connectivity index (χ1) is 25.0. The number of pyridine rings is 1. The Morgan fingerprint density at radius 2 is 1.63 bits per heavy atom. The molecule has 1 amide bonds. The molecule has 1 aromatic heterocycles. The van der Waals surface area contributed by atoms with Crippen LogP contribution in [0.2, 0.25) is 0 Å². The number of carbonyl (C=O) groups is 1. The molecule has 262 valence electrons. The summed E-state index contributed by atoms with van der Waals surface area (Å²) in [7, 11) is 3.34. The molecule has 5 aromatic rings. The van der Waals surface area contributed by atoms with E-state index in [2.05, 4.69) is 57.7 Å². The lowest BCUT2D eigenvalue weighted by Crippen LogP contribution is -2.41. The molecule has 4 aromatic carbocycles. The zero-order valence-electron chi connectivity index (χ0n) is 29.0. The summed E-state index contributed by atoms with van der Waals surface area (Å²) in [5.74, 6) is 1.34. The highest BCUT2D eigenvalue weighted by Gasteiger charge is 2.34. The Hall–Kier alpha value is -5.06. The van der Waals surface area contributed by atoms with E-state index in [0.29, 0.717) is 18.5 Å². The van der Waals surface area contributed by atoms with Crippen molar-refractivity contribution in [1.29, 1.82) is 0 Å². The van der Waals surface area contributed by atoms with Gasteiger partial charge in [0.15, 0.2) is 17.8 Å². The lowest BCUT2D eigenvalue weighted by Gasteiger charge is -2.39. The van der Waals surface area contributed by atoms with Gasteiger partial charge in [-0.1, -0.05) is 60.7 Å². The van der Waals surface area contributed by atoms with Crippen molar-refractivity contribution < 1.29 is 28.8 Å². The summed E-state index contributed by atoms with van der Waals surface area (Å²) in [5.41, 5.74) is 8.97. The standard InChI is InChI=1S/C42H43N3O6/c1-48-39-20-33-15-17-45(25-36(33)21-40(39)49-2)26-37-22-38(30-13-11-28(27-46)12-14-30)51-42(50-37)34-9-4-8-32(19-34)31-7-3-6-29(18-31)23-44-41(47)35-10-5-16-43-24-35/h3-14,16,18-21,24,37-38,42,46H,15,17,22-23,25-27H2,1-2H3,(H,44,47)/t37-,38+,42+/m0/s1. The van der Waals surface area contributed by atoms with Crippen molar-refractivity contribution in [3.05, 3.63) is 148 Å². The minimum Gasteiger partial charge on any atom is -0.493 e. The van der Waals surface area contributed by atoms with Crippen molar-refractivity contribution >= 4 is 5.91 Å². The second kappa shape index (κ2) is 15.9. The SMILES string of the molecule is COc1cc2c(cc1OC)CN(C[C@@H]1C[C@H](c3ccc(CO)cc3)O[C@H](c3cccc(-c4cccc(CNC(=O)c5cccnc5)c4)c3)O1)CC2. The van der Waals surface area contributed by atoms with E-state index in [-0.39, 0.29) is 24.7 Å². The third-order valence-corrected chi connectivity index (χ3v) is 9.67. The molecular weight excluding hydrogens is 642 g/mol. The number of methoxy groups -OCH3 is 2. The number of rotatable bonds is 11. The molecule has 2 N–H and O–H groups in total. The van der Waals surface area contributed by atoms with Gasteiger partial charge in [0.1, 0.15) is 0 Å². The lowest BCUT2D eigenvalue weighted by molar-refractivity contribution is -0.253. The van der Waals surface area contributed by atoms with Crippen LogP contribution in [-0.4, -0.2) is 54.3 Å². The second-order valence-corrected chi connectivity index (χ2v) is 13.1. The van der Waals surface area contributed by atoms with Gasteiger partial charge >= 0.3 is 0 Å². The summed E-state index contributed by atoms with van der Waals surface area (Å²) < 4.78 is 24.6. The number of aliphatic hydroxyl groups excluding tert-OH is 1. The summed E-state index contributed by atoms with van der Waals surface area (Å²) in [6, 6.07) is 32.2. The molecule has 1 fully saturated rings. The van der Waals surface area contributed by atoms with Crippen molar-refractivity contribution in [1.82, 2.24) is 15.2 Å². The molecule has 2 aliphatic heterocycles. The van der Waals surface area contributed by atoms with Gasteiger partial charge in [0.2, 0.25) is 0 Å². The van der Waals surface area contributed by atoms with Crippen molar-refractivity contribution in [2.24, 2.45) is 0 Å². The molecular formula is C42H43N3O6. The van der Waals surface area contributed by atoms with Gasteiger partial charge in [-0.25, -0.2) is 0 Å². The Labute approximate surface area is 298 Å². The van der Waals surface area contributed by atoms with Crippen LogP contribution in [0, 0.1) is 0 Å². The highest BCUT2D eigenvalue weighted by atomic mass is 16.7. The molecule has 3 atom stereocenters. The molecule has 9 heteroatoms. The van der Waals surface area contributed by atoms with Crippen LogP contribution in [-0.2, 0) is 35.6 Å². The van der Waals surface area contributed by atoms with Crippen LogP contribution in [0.25, 0.3) is 11.1 Å². The van der Waals surface area contributed by atoms with Crippen LogP contribution >= 0.6 is 0 Å². The maximum absolute atomic E-state index is 12.6. The molecule has 0 saturated carbocycles. The summed E-state index contributed by atoms with van der Waals surface area (Å²) >= 11 is 0. The maximum Gasteiger partial charge on any atom is 0.253 e. The monoisotopic (exact) mass is 685 g/mol. The largest absolute Gasteiger partial charge is 0.493 e. The first-order valence-corrected chi connectivity index (χ1v) is 17.3. The zero-order chi connectivity index (χ0) is 35.2. The fraction of sp³-hybridized carbons (Fsp3) is 0.286. The average Bonchev–Trinajstić information content (AvgIpc) is 3.19. The number of nitrogens with one attached hydrogen (secondary N) is 1. The van der Waals surface area contributed by atoms with Crippen LogP contribution in [0.15, 0.2) is 109 Å². The van der Waals surface area contributed by atoms with E-state index in [4.69, 9.17) is 18.9 Å². The third-order valence-electron chi connectivity index (χ3n) is 9.67. The molecule has 7 rings (SSSR count). The van der Waals surface area contributed by atoms with Gasteiger partial charge in [-0.3, -0.25) is 14.7 Å². The van der Waals surface area contributed by atoms with Gasteiger partial charge < -0.3 is 29.4 Å². The molecule has 0 radical (unpaired) electrons. The van der Waals surface area contributed by atoms with Crippen LogP contribution in [0.5, 0.6) is 11.5 Å². The van der Waals surface area contributed by atoms with Crippen LogP contribution in [0.4, 0.5) is 0 Å². The summed E-state index contributed by atoms with van der Waals surface area (Å²) in [6.07, 6.45) is 4.00. The molecule has 1 saturated heterocycles. The smallest absolute Gasteiger partial charge is 0.253 e. The van der Waals surface area contributed by atoms with Gasteiger partial charge in [0.25, 0.3) is 5.91 Å². The van der Waals surface area contributed by atoms with E-state index in [1.807, 2.05) is 42.5 Å². The Balaban J connectivity index is 1.10. The zero-order valence-corrected chi connectivity index (χ0v) is 29.0. The van der Waals surface area contributed by atoms with E-state index in [1.54, 1.807) is 38.7 Å². The summed E-state index contributed by atoms with van der Waals surface area (Å²) in [4.78, 5) is 19.1. The molecule has 2 aliphatic rings. The predicted octanol–water partition coefficient (Wildman–Crippen LogP) is 6.79. The van der Waals surface area contributed by atoms with Crippen LogP contribution in [0.1, 0.15) is 62.6 Å². The second-order valence-electron chi connectivity index (χ2n) is 13.1. The number of carbonyl (C=O) groups excluding carboxylic acids is 1. The molecule has 51 heavy (non-hydrogen) atoms. The Morgan fingerprint density at radius 3 is 2.37 bits per heavy atom. The average molecular weight is 686 g/mol. The van der Waals surface area contributed by atoms with E-state index in [9.17, 15) is 9.90 Å². The van der Waals surface area contributed by atoms with Crippen LogP contribution < -0.4 is 14.8 Å². The molecule has 0 unspecified atom stereocenters. The number of ether oxygens (including phenoxy) is 4. The minimum atomic E-state index is -0.574. The highest BCUT2D eigenvalue weighted by Crippen LogP contribution is 2.40. The van der Waals surface area contributed by atoms with Crippen molar-refractivity contribution in [2.75, 3.05) is 27.3 Å². The van der Waals surface area contributed by atoms with E-state index < -0.39 is 6.29 Å². The fourth-order valence-corrected chi connectivity index (χ4v) is 6.93. The van der Waals surface area contributed by atoms with E-state index in [0.717, 1.165) is 70.9 Å². The summed E-state index contributed by atoms with van der Waals surface area (Å²) in [6.45, 7) is 2.86. The van der Waals surface area contributed by atoms with Gasteiger partial charge in [-0.2, -0.15) is 0 Å². The quantitative estimate of drug-likeness (QED) is 0.157. The Kier molecular flexibility index (Phi) is 10.7. The third kappa shape index (κ3) is 8.13. The van der Waals surface area contributed by atoms with Crippen LogP contribution in [0.3, 0.4) is 0 Å². The normalized spacial score (nSPS) is 18.8. The number of fused-ring (bicyclic) bond motifs is 1. The van der Waals surface area contributed by atoms with Gasteiger partial charge in [-0.05, 0) is 81.8 Å². The number of hydrogen-bond acceptors (Lipinski definition) is 8. The van der Waals surface area contributed by atoms with Crippen molar-refractivity contribution in [3.63, 3.8) is 0 Å². The first-order valence-electron chi connectivity index (χ1n) is 17.3. The number of amides is 1. The molecule has 0 aliphatic carbocycles. The number of aliphatic hydroxyl groups is 1. The van der Waals surface area contributed by atoms with E-state index >= 15 is 0 Å². The number of nitrogens with zero attached hydrogens (tertiary/aromatic N) is 2. The number of benzene rings is 4. The molecule has 0 spiro atoms. The topological polar surface area (TPSA) is 102 Å². The Morgan fingerprint density at radius 1 is 0.863 bits per heavy atom. The van der Waals surface area contributed by atoms with Crippen molar-refractivity contribution in [2.45, 2.75) is 51.0 Å². The van der Waals surface area contributed by atoms with E-state index in [1.165, 1.54) is 11.1 Å². The van der Waals surface area contributed by atoms with Gasteiger partial charge in [0, 0.05) is 50.6 Å². The first kappa shape index (κ1) is 34.4. The highest BCUT2D eigenvalue weighted by molar-refractivity contribution is 5.93. The Bertz CT molecular complexity index is 1950. The van der Waals surface area contributed by atoms with Crippen molar-refractivity contribution in [3.8, 4) is 22.6 Å². The summed E-state index contributed by atoms with van der Waals surface area (Å²) in [5, 5.41) is 12.6. The van der Waals surface area contributed by atoms with Gasteiger partial charge in [-0.15, -0.1) is 0 Å². The lowest BCUT2D eigenvalue weighted by atomic mass is 9.96. The molecule has 3 heterocycles. The predicted molar refractivity (Wildman–Crippen MR) is 194 cm³/mol. The fourth-order valence-electron chi connectivity index (χ4n) is 6.93. The molecule has 0 bridgehead atoms. The molecule has 9 nitrogen and oxygen atoms in total. The van der Waals surface area contributed by atoms with Gasteiger partial charge in [0.05, 0.1) is 38.6 Å². The minimum absolute atomic E-state index is 0.00186. The number of aromatic nitrogens is 1. The maximum atomic E-state index is 12.6. The number of hydrogen-bond donors (Lipinski definition) is 2.